The van der Waals surface area contributed by atoms with Gasteiger partial charge in [-0.05, 0) is 58.0 Å². The van der Waals surface area contributed by atoms with Crippen molar-refractivity contribution in [1.29, 1.82) is 0 Å². The molecule has 0 spiro atoms. The van der Waals surface area contributed by atoms with E-state index in [1.165, 1.54) is 0 Å². The van der Waals surface area contributed by atoms with Crippen molar-refractivity contribution in [2.75, 3.05) is 21.3 Å². The van der Waals surface area contributed by atoms with Crippen molar-refractivity contribution < 1.29 is 14.2 Å². The maximum Gasteiger partial charge on any atom is 0.174 e. The minimum absolute atomic E-state index is 0. The van der Waals surface area contributed by atoms with Crippen molar-refractivity contribution >= 4 is 86.1 Å². The predicted molar refractivity (Wildman–Crippen MR) is 99.9 cm³/mol. The van der Waals surface area contributed by atoms with Crippen LogP contribution in [0, 0.1) is 3.57 Å². The Balaban J connectivity index is 0.00000242. The van der Waals surface area contributed by atoms with E-state index in [-0.39, 0.29) is 51.4 Å². The van der Waals surface area contributed by atoms with Crippen LogP contribution in [0.1, 0.15) is 11.1 Å². The van der Waals surface area contributed by atoms with Crippen LogP contribution in [0.4, 0.5) is 0 Å². The zero-order valence-corrected chi connectivity index (χ0v) is 18.5. The predicted octanol–water partition coefficient (Wildman–Crippen LogP) is 4.11. The van der Waals surface area contributed by atoms with Crippen LogP contribution in [0.5, 0.6) is 17.2 Å². The van der Waals surface area contributed by atoms with E-state index in [4.69, 9.17) is 14.2 Å². The minimum atomic E-state index is 0. The first-order valence-electron chi connectivity index (χ1n) is 6.41. The zero-order chi connectivity index (χ0) is 15.2. The number of ether oxygens (including phenoxy) is 3. The van der Waals surface area contributed by atoms with Crippen molar-refractivity contribution in [2.45, 2.75) is 0 Å². The average molecular weight is 435 g/mol. The summed E-state index contributed by atoms with van der Waals surface area (Å²) in [5.41, 5.74) is 2.17. The number of halogens is 1. The number of benzene rings is 2. The van der Waals surface area contributed by atoms with Gasteiger partial charge in [0, 0.05) is 51.4 Å². The summed E-state index contributed by atoms with van der Waals surface area (Å²) in [7, 11) is 4.95. The van der Waals surface area contributed by atoms with Gasteiger partial charge in [0.05, 0.1) is 24.9 Å². The molecule has 0 fully saturated rings. The molecular formula is C17H17IKO3. The second kappa shape index (κ2) is 9.95. The zero-order valence-electron chi connectivity index (χ0n) is 13.2. The Morgan fingerprint density at radius 2 is 1.45 bits per heavy atom. The molecule has 0 saturated carbocycles. The minimum Gasteiger partial charge on any atom is -0.497 e. The number of methoxy groups -OCH3 is 3. The van der Waals surface area contributed by atoms with Crippen LogP contribution in [0.25, 0.3) is 12.2 Å². The first kappa shape index (κ1) is 20.0. The maximum atomic E-state index is 5.36. The molecule has 0 N–H and O–H groups in total. The van der Waals surface area contributed by atoms with Gasteiger partial charge in [0.2, 0.25) is 0 Å². The molecular weight excluding hydrogens is 418 g/mol. The van der Waals surface area contributed by atoms with Gasteiger partial charge in [-0.1, -0.05) is 24.3 Å². The maximum absolute atomic E-state index is 5.36. The molecule has 3 nitrogen and oxygen atoms in total. The molecule has 0 atom stereocenters. The van der Waals surface area contributed by atoms with Crippen LogP contribution in [0.15, 0.2) is 36.4 Å². The largest absolute Gasteiger partial charge is 0.497 e. The van der Waals surface area contributed by atoms with Gasteiger partial charge in [0.1, 0.15) is 5.75 Å². The summed E-state index contributed by atoms with van der Waals surface area (Å²) >= 11 is 2.24. The number of hydrogen-bond donors (Lipinski definition) is 0. The van der Waals surface area contributed by atoms with Gasteiger partial charge in [-0.2, -0.15) is 0 Å². The molecule has 1 radical (unpaired) electrons. The van der Waals surface area contributed by atoms with E-state index in [2.05, 4.69) is 34.7 Å². The van der Waals surface area contributed by atoms with Crippen molar-refractivity contribution in [1.82, 2.24) is 0 Å². The van der Waals surface area contributed by atoms with E-state index in [1.807, 2.05) is 36.4 Å². The Kier molecular flexibility index (Phi) is 9.04. The molecule has 0 saturated heterocycles. The molecule has 0 bridgehead atoms. The molecule has 0 amide bonds. The molecule has 0 heterocycles. The third kappa shape index (κ3) is 5.25. The fraction of sp³-hybridized carbons (Fsp3) is 0.176. The number of hydrogen-bond acceptors (Lipinski definition) is 3. The van der Waals surface area contributed by atoms with Crippen molar-refractivity contribution in [3.63, 3.8) is 0 Å². The fourth-order valence-electron chi connectivity index (χ4n) is 1.94. The van der Waals surface area contributed by atoms with Gasteiger partial charge < -0.3 is 14.2 Å². The van der Waals surface area contributed by atoms with Gasteiger partial charge in [-0.15, -0.1) is 0 Å². The second-order valence-electron chi connectivity index (χ2n) is 4.34. The quantitative estimate of drug-likeness (QED) is 0.402. The fourth-order valence-corrected chi connectivity index (χ4v) is 2.79. The third-order valence-electron chi connectivity index (χ3n) is 3.04. The molecule has 22 heavy (non-hydrogen) atoms. The van der Waals surface area contributed by atoms with E-state index < -0.39 is 0 Å². The summed E-state index contributed by atoms with van der Waals surface area (Å²) in [5.74, 6) is 2.35. The molecule has 0 aliphatic carbocycles. The van der Waals surface area contributed by atoms with E-state index in [9.17, 15) is 0 Å². The molecule has 2 rings (SSSR count). The topological polar surface area (TPSA) is 27.7 Å². The van der Waals surface area contributed by atoms with Gasteiger partial charge in [-0.25, -0.2) is 0 Å². The molecule has 2 aromatic rings. The first-order valence-corrected chi connectivity index (χ1v) is 7.49. The summed E-state index contributed by atoms with van der Waals surface area (Å²) in [6, 6.07) is 11.9. The molecule has 0 unspecified atom stereocenters. The second-order valence-corrected chi connectivity index (χ2v) is 5.51. The van der Waals surface area contributed by atoms with Crippen LogP contribution >= 0.6 is 22.6 Å². The van der Waals surface area contributed by atoms with Crippen LogP contribution in [0.2, 0.25) is 0 Å². The standard InChI is InChI=1S/C17H17IO3.K/c1-19-14-8-6-12(7-9-14)4-5-13-10-15(18)17(21-3)16(11-13)20-2;/h4-11H,1-3H3;/b5-4-;. The Labute approximate surface area is 187 Å². The summed E-state index contributed by atoms with van der Waals surface area (Å²) < 4.78 is 16.9. The van der Waals surface area contributed by atoms with Crippen molar-refractivity contribution in [3.05, 3.63) is 51.1 Å². The van der Waals surface area contributed by atoms with E-state index >= 15 is 0 Å². The van der Waals surface area contributed by atoms with E-state index in [0.29, 0.717) is 0 Å². The Morgan fingerprint density at radius 1 is 0.818 bits per heavy atom. The van der Waals surface area contributed by atoms with E-state index in [1.54, 1.807) is 21.3 Å². The van der Waals surface area contributed by atoms with Crippen LogP contribution in [-0.4, -0.2) is 72.7 Å². The van der Waals surface area contributed by atoms with Gasteiger partial charge in [0.25, 0.3) is 0 Å². The third-order valence-corrected chi connectivity index (χ3v) is 3.84. The molecule has 5 heteroatoms. The van der Waals surface area contributed by atoms with Gasteiger partial charge in [-0.3, -0.25) is 0 Å². The average Bonchev–Trinajstić information content (AvgIpc) is 2.52. The number of rotatable bonds is 5. The molecule has 0 aromatic heterocycles. The van der Waals surface area contributed by atoms with Crippen LogP contribution in [0.3, 0.4) is 0 Å². The SMILES string of the molecule is COc1ccc(/C=C\c2cc(I)c(OC)c(OC)c2)cc1.[K]. The van der Waals surface area contributed by atoms with Crippen LogP contribution < -0.4 is 14.2 Å². The summed E-state index contributed by atoms with van der Waals surface area (Å²) in [6.07, 6.45) is 4.10. The van der Waals surface area contributed by atoms with Crippen molar-refractivity contribution in [3.8, 4) is 17.2 Å². The summed E-state index contributed by atoms with van der Waals surface area (Å²) in [6.45, 7) is 0. The molecule has 0 aliphatic rings. The Hall–Kier alpha value is -0.0536. The smallest absolute Gasteiger partial charge is 0.174 e. The molecule has 2 aromatic carbocycles. The normalized spacial score (nSPS) is 10.2. The monoisotopic (exact) mass is 435 g/mol. The van der Waals surface area contributed by atoms with Gasteiger partial charge >= 0.3 is 0 Å². The Morgan fingerprint density at radius 3 is 2.00 bits per heavy atom. The summed E-state index contributed by atoms with van der Waals surface area (Å²) in [5, 5.41) is 0. The van der Waals surface area contributed by atoms with Crippen LogP contribution in [-0.2, 0) is 0 Å². The Bertz CT molecular complexity index is 639. The first-order chi connectivity index (χ1) is 10.2. The molecule has 0 aliphatic heterocycles. The summed E-state index contributed by atoms with van der Waals surface area (Å²) in [4.78, 5) is 0. The van der Waals surface area contributed by atoms with Crippen molar-refractivity contribution in [2.24, 2.45) is 0 Å². The molecule has 111 valence electrons. The van der Waals surface area contributed by atoms with Gasteiger partial charge in [0.15, 0.2) is 11.5 Å². The van der Waals surface area contributed by atoms with E-state index in [0.717, 1.165) is 31.9 Å².